The predicted octanol–water partition coefficient (Wildman–Crippen LogP) is 18.4. The lowest BCUT2D eigenvalue weighted by Gasteiger charge is -2.20. The molecule has 2 atom stereocenters. The molecule has 6 nitrogen and oxygen atoms in total. The number of aliphatic hydroxyl groups excluding tert-OH is 2. The third kappa shape index (κ3) is 53.3. The highest BCUT2D eigenvalue weighted by atomic mass is 16.5. The van der Waals surface area contributed by atoms with Crippen LogP contribution in [-0.4, -0.2) is 47.4 Å². The van der Waals surface area contributed by atoms with Crippen LogP contribution in [0.15, 0.2) is 36.5 Å². The quantitative estimate of drug-likeness (QED) is 0.0321. The highest BCUT2D eigenvalue weighted by Gasteiger charge is 2.18. The SMILES string of the molecule is CCCCC/C=C\C/C=C\CCCCCCCC(=O)OCCCCCCCCCCCCCCCCCCCCCC(=O)NC(CO)C(O)/C=C/CCCCCCCCCCCCCCCC. The fourth-order valence-electron chi connectivity index (χ4n) is 9.08. The molecule has 0 rings (SSSR count). The molecule has 2 unspecified atom stereocenters. The lowest BCUT2D eigenvalue weighted by Crippen LogP contribution is -2.45. The summed E-state index contributed by atoms with van der Waals surface area (Å²) in [7, 11) is 0. The van der Waals surface area contributed by atoms with Gasteiger partial charge < -0.3 is 20.3 Å². The molecule has 0 aromatic rings. The Hall–Kier alpha value is -1.92. The van der Waals surface area contributed by atoms with E-state index in [4.69, 9.17) is 4.74 Å². The Bertz CT molecular complexity index is 1090. The first-order valence-electron chi connectivity index (χ1n) is 29.8. The number of hydrogen-bond acceptors (Lipinski definition) is 5. The first kappa shape index (κ1) is 65.1. The molecule has 0 spiro atoms. The summed E-state index contributed by atoms with van der Waals surface area (Å²) in [6.45, 7) is 4.88. The molecule has 394 valence electrons. The maximum Gasteiger partial charge on any atom is 0.305 e. The number of nitrogens with one attached hydrogen (secondary N) is 1. The maximum absolute atomic E-state index is 12.5. The summed E-state index contributed by atoms with van der Waals surface area (Å²) in [4.78, 5) is 24.5. The summed E-state index contributed by atoms with van der Waals surface area (Å²) in [6, 6.07) is -0.631. The molecular weight excluding hydrogens is 827 g/mol. The van der Waals surface area contributed by atoms with E-state index < -0.39 is 12.1 Å². The Morgan fingerprint density at radius 2 is 0.746 bits per heavy atom. The zero-order chi connectivity index (χ0) is 48.6. The van der Waals surface area contributed by atoms with Crippen LogP contribution in [0, 0.1) is 0 Å². The highest BCUT2D eigenvalue weighted by molar-refractivity contribution is 5.76. The van der Waals surface area contributed by atoms with Crippen LogP contribution < -0.4 is 5.32 Å². The molecule has 0 aromatic carbocycles. The number of hydrogen-bond donors (Lipinski definition) is 3. The van der Waals surface area contributed by atoms with Gasteiger partial charge in [-0.15, -0.1) is 0 Å². The molecule has 0 aliphatic heterocycles. The van der Waals surface area contributed by atoms with Gasteiger partial charge in [-0.3, -0.25) is 9.59 Å². The normalized spacial score (nSPS) is 12.8. The molecule has 0 saturated heterocycles. The smallest absolute Gasteiger partial charge is 0.305 e. The van der Waals surface area contributed by atoms with Crippen LogP contribution in [-0.2, 0) is 14.3 Å². The van der Waals surface area contributed by atoms with Crippen molar-refractivity contribution in [2.45, 2.75) is 328 Å². The van der Waals surface area contributed by atoms with E-state index in [-0.39, 0.29) is 18.5 Å². The van der Waals surface area contributed by atoms with Gasteiger partial charge in [0.15, 0.2) is 0 Å². The van der Waals surface area contributed by atoms with Crippen molar-refractivity contribution < 1.29 is 24.5 Å². The summed E-state index contributed by atoms with van der Waals surface area (Å²) in [5.41, 5.74) is 0. The van der Waals surface area contributed by atoms with Crippen molar-refractivity contribution in [3.05, 3.63) is 36.5 Å². The molecule has 0 bridgehead atoms. The van der Waals surface area contributed by atoms with E-state index in [9.17, 15) is 19.8 Å². The average molecular weight is 943 g/mol. The summed E-state index contributed by atoms with van der Waals surface area (Å²) in [5, 5.41) is 23.1. The van der Waals surface area contributed by atoms with E-state index in [1.807, 2.05) is 6.08 Å². The third-order valence-corrected chi connectivity index (χ3v) is 13.7. The summed E-state index contributed by atoms with van der Waals surface area (Å²) < 4.78 is 5.47. The molecule has 67 heavy (non-hydrogen) atoms. The fraction of sp³-hybridized carbons (Fsp3) is 0.869. The van der Waals surface area contributed by atoms with Crippen LogP contribution in [0.3, 0.4) is 0 Å². The van der Waals surface area contributed by atoms with Gasteiger partial charge in [0.05, 0.1) is 25.4 Å². The van der Waals surface area contributed by atoms with E-state index >= 15 is 0 Å². The number of carbonyl (C=O) groups excluding carboxylic acids is 2. The van der Waals surface area contributed by atoms with Crippen molar-refractivity contribution in [1.29, 1.82) is 0 Å². The van der Waals surface area contributed by atoms with Gasteiger partial charge in [0.2, 0.25) is 5.91 Å². The molecule has 1 amide bonds. The Kier molecular flexibility index (Phi) is 55.0. The second kappa shape index (κ2) is 56.7. The van der Waals surface area contributed by atoms with Crippen molar-refractivity contribution in [2.24, 2.45) is 0 Å². The zero-order valence-corrected chi connectivity index (χ0v) is 44.9. The molecule has 6 heteroatoms. The minimum absolute atomic E-state index is 0.00576. The second-order valence-corrected chi connectivity index (χ2v) is 20.3. The zero-order valence-electron chi connectivity index (χ0n) is 44.9. The molecule has 0 aliphatic rings. The van der Waals surface area contributed by atoms with Gasteiger partial charge in [-0.05, 0) is 64.2 Å². The van der Waals surface area contributed by atoms with E-state index in [0.717, 1.165) is 51.4 Å². The largest absolute Gasteiger partial charge is 0.466 e. The lowest BCUT2D eigenvalue weighted by atomic mass is 10.0. The van der Waals surface area contributed by atoms with E-state index in [1.54, 1.807) is 6.08 Å². The lowest BCUT2D eigenvalue weighted by molar-refractivity contribution is -0.143. The molecule has 0 aromatic heterocycles. The summed E-state index contributed by atoms with van der Waals surface area (Å²) in [6.07, 6.45) is 70.2. The van der Waals surface area contributed by atoms with Crippen LogP contribution in [0.4, 0.5) is 0 Å². The number of allylic oxidation sites excluding steroid dienone is 5. The number of esters is 1. The average Bonchev–Trinajstić information content (AvgIpc) is 3.33. The molecular formula is C61H115NO5. The van der Waals surface area contributed by atoms with Crippen LogP contribution in [0.25, 0.3) is 0 Å². The monoisotopic (exact) mass is 942 g/mol. The van der Waals surface area contributed by atoms with Gasteiger partial charge in [-0.2, -0.15) is 0 Å². The van der Waals surface area contributed by atoms with Gasteiger partial charge in [0.1, 0.15) is 0 Å². The van der Waals surface area contributed by atoms with Crippen LogP contribution in [0.5, 0.6) is 0 Å². The molecule has 0 fully saturated rings. The number of carbonyl (C=O) groups is 2. The van der Waals surface area contributed by atoms with Crippen molar-refractivity contribution >= 4 is 11.9 Å². The molecule has 3 N–H and O–H groups in total. The van der Waals surface area contributed by atoms with Gasteiger partial charge in [0.25, 0.3) is 0 Å². The van der Waals surface area contributed by atoms with Gasteiger partial charge in [-0.1, -0.05) is 275 Å². The van der Waals surface area contributed by atoms with Crippen molar-refractivity contribution in [3.8, 4) is 0 Å². The maximum atomic E-state index is 12.5. The second-order valence-electron chi connectivity index (χ2n) is 20.3. The number of unbranched alkanes of at least 4 members (excludes halogenated alkanes) is 40. The van der Waals surface area contributed by atoms with Crippen LogP contribution >= 0.6 is 0 Å². The van der Waals surface area contributed by atoms with Crippen LogP contribution in [0.2, 0.25) is 0 Å². The number of ether oxygens (including phenoxy) is 1. The topological polar surface area (TPSA) is 95.9 Å². The summed E-state index contributed by atoms with van der Waals surface area (Å²) in [5.74, 6) is -0.0757. The third-order valence-electron chi connectivity index (χ3n) is 13.7. The predicted molar refractivity (Wildman–Crippen MR) is 292 cm³/mol. The number of rotatable bonds is 55. The molecule has 0 heterocycles. The van der Waals surface area contributed by atoms with Crippen LogP contribution in [0.1, 0.15) is 316 Å². The number of amides is 1. The first-order valence-corrected chi connectivity index (χ1v) is 29.8. The van der Waals surface area contributed by atoms with Crippen molar-refractivity contribution in [3.63, 3.8) is 0 Å². The highest BCUT2D eigenvalue weighted by Crippen LogP contribution is 2.17. The minimum atomic E-state index is -0.847. The Labute approximate surface area is 417 Å². The summed E-state index contributed by atoms with van der Waals surface area (Å²) >= 11 is 0. The molecule has 0 saturated carbocycles. The fourth-order valence-corrected chi connectivity index (χ4v) is 9.08. The Balaban J connectivity index is 3.43. The van der Waals surface area contributed by atoms with Crippen molar-refractivity contribution in [2.75, 3.05) is 13.2 Å². The van der Waals surface area contributed by atoms with E-state index in [0.29, 0.717) is 19.4 Å². The van der Waals surface area contributed by atoms with Crippen molar-refractivity contribution in [1.82, 2.24) is 5.32 Å². The standard InChI is InChI=1S/C61H115NO5/c1-3-5-7-9-11-13-15-17-19-26-29-33-37-41-45-49-53-59(64)58(57-63)62-60(65)54-50-46-42-38-34-30-27-23-21-20-22-24-28-32-36-40-44-48-52-56-67-61(66)55-51-47-43-39-35-31-25-18-16-14-12-10-8-6-4-2/h12,14,18,25,49,53,58-59,63-64H,3-11,13,15-17,19-24,26-48,50-52,54-57H2,1-2H3,(H,62,65)/b14-12-,25-18-,53-49+. The van der Waals surface area contributed by atoms with E-state index in [1.165, 1.54) is 238 Å². The Morgan fingerprint density at radius 3 is 1.16 bits per heavy atom. The number of aliphatic hydroxyl groups is 2. The van der Waals surface area contributed by atoms with Gasteiger partial charge in [-0.25, -0.2) is 0 Å². The minimum Gasteiger partial charge on any atom is -0.466 e. The molecule has 0 aliphatic carbocycles. The Morgan fingerprint density at radius 1 is 0.418 bits per heavy atom. The first-order chi connectivity index (χ1) is 33.0. The van der Waals surface area contributed by atoms with Gasteiger partial charge in [0, 0.05) is 12.8 Å². The van der Waals surface area contributed by atoms with E-state index in [2.05, 4.69) is 43.5 Å². The van der Waals surface area contributed by atoms with Gasteiger partial charge >= 0.3 is 5.97 Å². The molecule has 0 radical (unpaired) electrons.